The van der Waals surface area contributed by atoms with Crippen LogP contribution in [-0.4, -0.2) is 61.0 Å². The molecule has 2 aromatic heterocycles. The van der Waals surface area contributed by atoms with Gasteiger partial charge in [-0.1, -0.05) is 6.07 Å². The molecular formula is C18H22N6O2. The molecule has 8 heteroatoms. The Morgan fingerprint density at radius 2 is 2.12 bits per heavy atom. The maximum atomic E-state index is 12.5. The van der Waals surface area contributed by atoms with Gasteiger partial charge in [0.05, 0.1) is 0 Å². The smallest absolute Gasteiger partial charge is 0.293 e. The fraction of sp³-hybridized carbons (Fsp3) is 0.500. The van der Waals surface area contributed by atoms with Gasteiger partial charge in [-0.3, -0.25) is 19.3 Å². The van der Waals surface area contributed by atoms with Crippen molar-refractivity contribution in [2.45, 2.75) is 25.8 Å². The fourth-order valence-corrected chi connectivity index (χ4v) is 3.94. The Bertz CT molecular complexity index is 810. The molecule has 1 spiro atoms. The largest absolute Gasteiger partial charge is 0.338 e. The second-order valence-electron chi connectivity index (χ2n) is 7.32. The summed E-state index contributed by atoms with van der Waals surface area (Å²) in [4.78, 5) is 36.9. The lowest BCUT2D eigenvalue weighted by Crippen LogP contribution is -2.44. The average molecular weight is 354 g/mol. The second-order valence-corrected chi connectivity index (χ2v) is 7.32. The Labute approximate surface area is 151 Å². The SMILES string of the molecule is Cn1cnc(C(=O)N2CCC3(CC2)CC(=O)N(Cc2cccnc2)C3)n1. The van der Waals surface area contributed by atoms with Gasteiger partial charge in [-0.15, -0.1) is 5.10 Å². The molecule has 0 unspecified atom stereocenters. The van der Waals surface area contributed by atoms with E-state index < -0.39 is 0 Å². The lowest BCUT2D eigenvalue weighted by molar-refractivity contribution is -0.128. The molecule has 0 N–H and O–H groups in total. The van der Waals surface area contributed by atoms with Crippen LogP contribution >= 0.6 is 0 Å². The first-order valence-electron chi connectivity index (χ1n) is 8.86. The van der Waals surface area contributed by atoms with Gasteiger partial charge in [0.15, 0.2) is 0 Å². The molecule has 2 amide bonds. The topological polar surface area (TPSA) is 84.2 Å². The monoisotopic (exact) mass is 354 g/mol. The van der Waals surface area contributed by atoms with Crippen LogP contribution in [0.2, 0.25) is 0 Å². The zero-order chi connectivity index (χ0) is 18.1. The van der Waals surface area contributed by atoms with Gasteiger partial charge in [-0.2, -0.15) is 0 Å². The average Bonchev–Trinajstić information content (AvgIpc) is 3.20. The normalized spacial score (nSPS) is 19.3. The highest BCUT2D eigenvalue weighted by Gasteiger charge is 2.45. The molecule has 4 heterocycles. The third-order valence-corrected chi connectivity index (χ3v) is 5.40. The number of likely N-dealkylation sites (tertiary alicyclic amines) is 2. The van der Waals surface area contributed by atoms with Gasteiger partial charge in [0, 0.05) is 57.5 Å². The second kappa shape index (κ2) is 6.51. The lowest BCUT2D eigenvalue weighted by atomic mass is 9.77. The van der Waals surface area contributed by atoms with Gasteiger partial charge < -0.3 is 9.80 Å². The van der Waals surface area contributed by atoms with Crippen LogP contribution in [0.5, 0.6) is 0 Å². The summed E-state index contributed by atoms with van der Waals surface area (Å²) in [6, 6.07) is 3.88. The molecular weight excluding hydrogens is 332 g/mol. The number of aryl methyl sites for hydroxylation is 1. The van der Waals surface area contributed by atoms with Crippen LogP contribution in [0.3, 0.4) is 0 Å². The zero-order valence-electron chi connectivity index (χ0n) is 14.8. The van der Waals surface area contributed by atoms with Crippen LogP contribution < -0.4 is 0 Å². The quantitative estimate of drug-likeness (QED) is 0.816. The van der Waals surface area contributed by atoms with E-state index in [1.165, 1.54) is 11.0 Å². The van der Waals surface area contributed by atoms with E-state index >= 15 is 0 Å². The van der Waals surface area contributed by atoms with Crippen molar-refractivity contribution in [2.24, 2.45) is 12.5 Å². The number of piperidine rings is 1. The van der Waals surface area contributed by atoms with Crippen LogP contribution in [-0.2, 0) is 18.4 Å². The van der Waals surface area contributed by atoms with E-state index in [1.54, 1.807) is 24.3 Å². The predicted molar refractivity (Wildman–Crippen MR) is 92.8 cm³/mol. The molecule has 2 saturated heterocycles. The highest BCUT2D eigenvalue weighted by atomic mass is 16.2. The van der Waals surface area contributed by atoms with E-state index in [1.807, 2.05) is 17.0 Å². The molecule has 2 aliphatic heterocycles. The molecule has 2 fully saturated rings. The fourth-order valence-electron chi connectivity index (χ4n) is 3.94. The van der Waals surface area contributed by atoms with Crippen molar-refractivity contribution in [2.75, 3.05) is 19.6 Å². The number of carbonyl (C=O) groups is 2. The van der Waals surface area contributed by atoms with Crippen LogP contribution in [0.1, 0.15) is 35.4 Å². The molecule has 0 aliphatic carbocycles. The lowest BCUT2D eigenvalue weighted by Gasteiger charge is -2.38. The summed E-state index contributed by atoms with van der Waals surface area (Å²) in [6.07, 6.45) is 7.31. The van der Waals surface area contributed by atoms with E-state index in [9.17, 15) is 9.59 Å². The Balaban J connectivity index is 1.38. The van der Waals surface area contributed by atoms with Crippen molar-refractivity contribution in [1.82, 2.24) is 29.5 Å². The number of hydrogen-bond acceptors (Lipinski definition) is 5. The molecule has 26 heavy (non-hydrogen) atoms. The molecule has 0 atom stereocenters. The maximum absolute atomic E-state index is 12.5. The number of nitrogens with zero attached hydrogens (tertiary/aromatic N) is 6. The Morgan fingerprint density at radius 1 is 1.31 bits per heavy atom. The number of carbonyl (C=O) groups excluding carboxylic acids is 2. The predicted octanol–water partition coefficient (Wildman–Crippen LogP) is 0.865. The maximum Gasteiger partial charge on any atom is 0.293 e. The van der Waals surface area contributed by atoms with Crippen LogP contribution in [0.25, 0.3) is 0 Å². The van der Waals surface area contributed by atoms with Crippen LogP contribution in [0.15, 0.2) is 30.9 Å². The van der Waals surface area contributed by atoms with Gasteiger partial charge in [0.1, 0.15) is 6.33 Å². The van der Waals surface area contributed by atoms with E-state index in [2.05, 4.69) is 15.1 Å². The van der Waals surface area contributed by atoms with E-state index in [0.717, 1.165) is 24.9 Å². The summed E-state index contributed by atoms with van der Waals surface area (Å²) in [5, 5.41) is 4.09. The summed E-state index contributed by atoms with van der Waals surface area (Å²) < 4.78 is 1.53. The number of rotatable bonds is 3. The third-order valence-electron chi connectivity index (χ3n) is 5.40. The highest BCUT2D eigenvalue weighted by Crippen LogP contribution is 2.41. The Hall–Kier alpha value is -2.77. The van der Waals surface area contributed by atoms with Crippen LogP contribution in [0, 0.1) is 5.41 Å². The van der Waals surface area contributed by atoms with Crippen molar-refractivity contribution in [3.8, 4) is 0 Å². The van der Waals surface area contributed by atoms with Crippen molar-refractivity contribution in [3.63, 3.8) is 0 Å². The van der Waals surface area contributed by atoms with Gasteiger partial charge in [-0.05, 0) is 24.5 Å². The van der Waals surface area contributed by atoms with E-state index in [-0.39, 0.29) is 23.1 Å². The van der Waals surface area contributed by atoms with E-state index in [0.29, 0.717) is 26.1 Å². The summed E-state index contributed by atoms with van der Waals surface area (Å²) in [7, 11) is 1.75. The molecule has 0 aromatic carbocycles. The number of pyridine rings is 1. The molecule has 0 radical (unpaired) electrons. The molecule has 136 valence electrons. The van der Waals surface area contributed by atoms with Crippen LogP contribution in [0.4, 0.5) is 0 Å². The summed E-state index contributed by atoms with van der Waals surface area (Å²) >= 11 is 0. The molecule has 8 nitrogen and oxygen atoms in total. The van der Waals surface area contributed by atoms with Gasteiger partial charge in [0.2, 0.25) is 11.7 Å². The number of amides is 2. The zero-order valence-corrected chi connectivity index (χ0v) is 14.8. The third kappa shape index (κ3) is 3.18. The minimum Gasteiger partial charge on any atom is -0.338 e. The van der Waals surface area contributed by atoms with Crippen molar-refractivity contribution in [3.05, 3.63) is 42.2 Å². The molecule has 2 aromatic rings. The minimum absolute atomic E-state index is 0.0202. The van der Waals surface area contributed by atoms with Gasteiger partial charge in [0.25, 0.3) is 5.91 Å². The van der Waals surface area contributed by atoms with Gasteiger partial charge >= 0.3 is 0 Å². The molecule has 0 bridgehead atoms. The first-order valence-corrected chi connectivity index (χ1v) is 8.86. The summed E-state index contributed by atoms with van der Waals surface area (Å²) in [5.74, 6) is 0.307. The Kier molecular flexibility index (Phi) is 4.18. The molecule has 0 saturated carbocycles. The molecule has 4 rings (SSSR count). The van der Waals surface area contributed by atoms with Crippen molar-refractivity contribution in [1.29, 1.82) is 0 Å². The number of hydrogen-bond donors (Lipinski definition) is 0. The molecule has 2 aliphatic rings. The highest BCUT2D eigenvalue weighted by molar-refractivity contribution is 5.90. The van der Waals surface area contributed by atoms with E-state index in [4.69, 9.17) is 0 Å². The van der Waals surface area contributed by atoms with Crippen molar-refractivity contribution < 1.29 is 9.59 Å². The minimum atomic E-state index is -0.128. The van der Waals surface area contributed by atoms with Gasteiger partial charge in [-0.25, -0.2) is 4.98 Å². The van der Waals surface area contributed by atoms with Crippen molar-refractivity contribution >= 4 is 11.8 Å². The number of aromatic nitrogens is 4. The summed E-state index contributed by atoms with van der Waals surface area (Å²) in [5.41, 5.74) is 1.03. The standard InChI is InChI=1S/C18H22N6O2/c1-22-13-20-16(21-22)17(26)23-7-4-18(5-8-23)9-15(25)24(12-18)11-14-3-2-6-19-10-14/h2-3,6,10,13H,4-5,7-9,11-12H2,1H3. The summed E-state index contributed by atoms with van der Waals surface area (Å²) in [6.45, 7) is 2.65. The Morgan fingerprint density at radius 3 is 2.77 bits per heavy atom. The first kappa shape index (κ1) is 16.7. The first-order chi connectivity index (χ1) is 12.5.